The first-order chi connectivity index (χ1) is 25.3. The number of nitrogens with two attached hydrogens (primary N) is 1. The first-order valence-electron chi connectivity index (χ1n) is 17.2. The van der Waals surface area contributed by atoms with Gasteiger partial charge in [0.1, 0.15) is 5.82 Å². The van der Waals surface area contributed by atoms with E-state index in [1.54, 1.807) is 13.8 Å². The fraction of sp³-hybridized carbons (Fsp3) is 0.250. The van der Waals surface area contributed by atoms with Crippen LogP contribution in [0.2, 0.25) is 0 Å². The van der Waals surface area contributed by atoms with Crippen LogP contribution >= 0.6 is 0 Å². The van der Waals surface area contributed by atoms with Crippen LogP contribution < -0.4 is 11.1 Å². The normalized spacial score (nSPS) is 12.5. The van der Waals surface area contributed by atoms with Gasteiger partial charge in [0.2, 0.25) is 5.91 Å². The molecule has 10 nitrogen and oxygen atoms in total. The number of nitrogens with zero attached hydrogens (tertiary/aromatic N) is 3. The molecule has 0 saturated carbocycles. The molecule has 0 aliphatic rings. The summed E-state index contributed by atoms with van der Waals surface area (Å²) in [4.78, 5) is 29.1. The Balaban J connectivity index is 0.000000626. The average Bonchev–Trinajstić information content (AvgIpc) is 3.85. The number of hydrogen-bond donors (Lipinski definition) is 5. The molecule has 13 heteroatoms. The van der Waals surface area contributed by atoms with Gasteiger partial charge in [0.15, 0.2) is 5.82 Å². The molecule has 53 heavy (non-hydrogen) atoms. The fourth-order valence-electron chi connectivity index (χ4n) is 6.41. The number of aliphatic carboxylic acids is 1. The number of benzene rings is 4. The van der Waals surface area contributed by atoms with Crippen LogP contribution in [0.3, 0.4) is 0 Å². The number of aryl methyl sites for hydroxylation is 2. The zero-order chi connectivity index (χ0) is 37.8. The van der Waals surface area contributed by atoms with E-state index >= 15 is 0 Å². The molecule has 7 aromatic rings. The van der Waals surface area contributed by atoms with E-state index in [9.17, 15) is 18.0 Å². The molecule has 0 radical (unpaired) electrons. The van der Waals surface area contributed by atoms with E-state index in [4.69, 9.17) is 25.8 Å². The third-order valence-electron chi connectivity index (χ3n) is 9.13. The van der Waals surface area contributed by atoms with E-state index in [1.165, 1.54) is 27.3 Å². The van der Waals surface area contributed by atoms with E-state index in [0.717, 1.165) is 52.9 Å². The smallest absolute Gasteiger partial charge is 0.475 e. The lowest BCUT2D eigenvalue weighted by Crippen LogP contribution is -2.50. The van der Waals surface area contributed by atoms with Crippen LogP contribution in [0.15, 0.2) is 103 Å². The number of aromatic nitrogens is 5. The minimum atomic E-state index is -5.08. The molecule has 0 fully saturated rings. The lowest BCUT2D eigenvalue weighted by molar-refractivity contribution is -0.192. The molecule has 7 rings (SSSR count). The number of carbonyl (C=O) groups is 2. The molecule has 274 valence electrons. The summed E-state index contributed by atoms with van der Waals surface area (Å²) in [5.41, 5.74) is 11.0. The highest BCUT2D eigenvalue weighted by atomic mass is 19.4. The van der Waals surface area contributed by atoms with Gasteiger partial charge in [0, 0.05) is 47.0 Å². The first kappa shape index (κ1) is 36.8. The van der Waals surface area contributed by atoms with Gasteiger partial charge in [-0.3, -0.25) is 4.79 Å². The Hall–Kier alpha value is -5.95. The summed E-state index contributed by atoms with van der Waals surface area (Å²) in [7, 11) is 0. The molecule has 4 aromatic carbocycles. The predicted molar refractivity (Wildman–Crippen MR) is 198 cm³/mol. The standard InChI is InChI=1S/C38H39N7O.C2HF3O2/c1-38(2,39)37(46)42-34(21-28-23-41-33-19-8-6-17-31(28)33)36-44-43-35(20-10-13-26-22-40-32-18-7-5-16-30(26)32)45(36)24-27-14-9-12-25-11-3-4-15-29(25)27;3-2(4,5)1(6)7/h3-9,11-12,14-19,22-23,34,40-41H,10,13,20-21,24,39H2,1-2H3,(H,42,46);(H,6,7)/t34-;/m1./s1. The second-order valence-electron chi connectivity index (χ2n) is 13.5. The van der Waals surface area contributed by atoms with Crippen LogP contribution in [0.1, 0.15) is 54.6 Å². The van der Waals surface area contributed by atoms with Gasteiger partial charge < -0.3 is 30.7 Å². The third-order valence-corrected chi connectivity index (χ3v) is 9.13. The third kappa shape index (κ3) is 8.58. The van der Waals surface area contributed by atoms with Gasteiger partial charge in [-0.05, 0) is 66.3 Å². The number of carbonyl (C=O) groups excluding carboxylic acids is 1. The van der Waals surface area contributed by atoms with Crippen molar-refractivity contribution >= 4 is 44.5 Å². The molecule has 0 bridgehead atoms. The number of H-pyrrole nitrogens is 2. The van der Waals surface area contributed by atoms with E-state index in [1.807, 2.05) is 18.3 Å². The number of para-hydroxylation sites is 2. The molecule has 1 atom stereocenters. The van der Waals surface area contributed by atoms with Crippen molar-refractivity contribution in [3.8, 4) is 0 Å². The van der Waals surface area contributed by atoms with Crippen molar-refractivity contribution in [2.45, 2.75) is 63.8 Å². The van der Waals surface area contributed by atoms with Crippen molar-refractivity contribution in [1.29, 1.82) is 0 Å². The van der Waals surface area contributed by atoms with E-state index in [-0.39, 0.29) is 5.91 Å². The summed E-state index contributed by atoms with van der Waals surface area (Å²) in [5, 5.41) is 24.7. The molecule has 0 aliphatic carbocycles. The first-order valence-corrected chi connectivity index (χ1v) is 17.2. The van der Waals surface area contributed by atoms with Crippen molar-refractivity contribution in [2.75, 3.05) is 0 Å². The zero-order valence-corrected chi connectivity index (χ0v) is 29.2. The Kier molecular flexibility index (Phi) is 10.7. The van der Waals surface area contributed by atoms with E-state index < -0.39 is 23.7 Å². The van der Waals surface area contributed by atoms with Gasteiger partial charge in [-0.25, -0.2) is 4.79 Å². The number of nitrogens with one attached hydrogen (secondary N) is 3. The molecular weight excluding hydrogens is 683 g/mol. The van der Waals surface area contributed by atoms with Crippen LogP contribution in [0, 0.1) is 0 Å². The van der Waals surface area contributed by atoms with Gasteiger partial charge in [0.25, 0.3) is 0 Å². The number of alkyl halides is 3. The maximum atomic E-state index is 13.4. The van der Waals surface area contributed by atoms with Crippen LogP contribution in [0.5, 0.6) is 0 Å². The number of halogens is 3. The van der Waals surface area contributed by atoms with Gasteiger partial charge in [-0.2, -0.15) is 13.2 Å². The number of carboxylic acid groups (broad SMARTS) is 1. The van der Waals surface area contributed by atoms with Gasteiger partial charge >= 0.3 is 12.1 Å². The van der Waals surface area contributed by atoms with Gasteiger partial charge in [-0.15, -0.1) is 10.2 Å². The molecule has 6 N–H and O–H groups in total. The summed E-state index contributed by atoms with van der Waals surface area (Å²) in [6, 6.07) is 31.0. The Morgan fingerprint density at radius 1 is 0.792 bits per heavy atom. The molecule has 0 aliphatic heterocycles. The predicted octanol–water partition coefficient (Wildman–Crippen LogP) is 7.39. The summed E-state index contributed by atoms with van der Waals surface area (Å²) in [6.07, 6.45) is 2.15. The van der Waals surface area contributed by atoms with Crippen LogP contribution in [-0.2, 0) is 35.4 Å². The molecule has 1 amide bonds. The molecule has 3 heterocycles. The van der Waals surface area contributed by atoms with Crippen molar-refractivity contribution in [1.82, 2.24) is 30.0 Å². The number of fused-ring (bicyclic) bond motifs is 3. The van der Waals surface area contributed by atoms with Crippen molar-refractivity contribution in [3.63, 3.8) is 0 Å². The molecular formula is C40H40F3N7O3. The number of amides is 1. The molecule has 0 saturated heterocycles. The summed E-state index contributed by atoms with van der Waals surface area (Å²) >= 11 is 0. The number of rotatable bonds is 11. The summed E-state index contributed by atoms with van der Waals surface area (Å²) in [6.45, 7) is 4.03. The number of carboxylic acids is 1. The lowest BCUT2D eigenvalue weighted by atomic mass is 10.0. The SMILES string of the molecule is CC(C)(N)C(=O)N[C@H](Cc1c[nH]c2ccccc12)c1nnc(CCCc2c[nH]c3ccccc23)n1Cc1cccc2ccccc12.O=C(O)C(F)(F)F. The summed E-state index contributed by atoms with van der Waals surface area (Å²) < 4.78 is 33.9. The van der Waals surface area contributed by atoms with Crippen molar-refractivity contribution < 1.29 is 27.9 Å². The van der Waals surface area contributed by atoms with Gasteiger partial charge in [0.05, 0.1) is 18.1 Å². The zero-order valence-electron chi connectivity index (χ0n) is 29.2. The molecule has 3 aromatic heterocycles. The van der Waals surface area contributed by atoms with E-state index in [2.05, 4.69) is 105 Å². The van der Waals surface area contributed by atoms with Gasteiger partial charge in [-0.1, -0.05) is 78.9 Å². The molecule has 0 unspecified atom stereocenters. The number of hydrogen-bond acceptors (Lipinski definition) is 5. The Morgan fingerprint density at radius 2 is 1.36 bits per heavy atom. The fourth-order valence-corrected chi connectivity index (χ4v) is 6.41. The minimum absolute atomic E-state index is 0.238. The van der Waals surface area contributed by atoms with Crippen LogP contribution in [0.4, 0.5) is 13.2 Å². The Morgan fingerprint density at radius 3 is 2.00 bits per heavy atom. The number of aromatic amines is 2. The van der Waals surface area contributed by atoms with E-state index in [0.29, 0.717) is 13.0 Å². The topological polar surface area (TPSA) is 155 Å². The van der Waals surface area contributed by atoms with Crippen molar-refractivity contribution in [2.24, 2.45) is 5.73 Å². The second-order valence-corrected chi connectivity index (χ2v) is 13.5. The lowest BCUT2D eigenvalue weighted by Gasteiger charge is -2.25. The monoisotopic (exact) mass is 723 g/mol. The average molecular weight is 724 g/mol. The highest BCUT2D eigenvalue weighted by Crippen LogP contribution is 2.28. The minimum Gasteiger partial charge on any atom is -0.475 e. The maximum Gasteiger partial charge on any atom is 0.490 e. The quantitative estimate of drug-likeness (QED) is 0.0938. The summed E-state index contributed by atoms with van der Waals surface area (Å²) in [5.74, 6) is -1.38. The highest BCUT2D eigenvalue weighted by Gasteiger charge is 2.38. The highest BCUT2D eigenvalue weighted by molar-refractivity contribution is 5.87. The Bertz CT molecular complexity index is 2360. The second kappa shape index (κ2) is 15.3. The Labute approximate surface area is 303 Å². The maximum absolute atomic E-state index is 13.4. The molecule has 0 spiro atoms. The van der Waals surface area contributed by atoms with Crippen molar-refractivity contribution in [3.05, 3.63) is 132 Å². The van der Waals surface area contributed by atoms with Crippen LogP contribution in [0.25, 0.3) is 32.6 Å². The largest absolute Gasteiger partial charge is 0.490 e. The van der Waals surface area contributed by atoms with Crippen LogP contribution in [-0.4, -0.2) is 53.4 Å².